The molecule has 4 atom stereocenters. The number of carboxylic acids is 1. The number of carbonyl (C=O) groups is 1. The summed E-state index contributed by atoms with van der Waals surface area (Å²) >= 11 is 0. The Hall–Kier alpha value is -0.960. The van der Waals surface area contributed by atoms with Crippen molar-refractivity contribution < 1.29 is 32.7 Å². The van der Waals surface area contributed by atoms with E-state index in [0.717, 1.165) is 6.26 Å². The standard InChI is InChI=1S/C11H18O7S/c1-3-4-7-5-11(10(14)15,18-19(2,16)17)6-8(12)9(7)13/h3,7-9,12-13H,1,4-6H2,2H3,(H,14,15)/t7-,8+,9+,11-/m0/s1. The van der Waals surface area contributed by atoms with Gasteiger partial charge in [0, 0.05) is 6.42 Å². The number of aliphatic hydroxyl groups excluding tert-OH is 2. The first kappa shape index (κ1) is 16.1. The summed E-state index contributed by atoms with van der Waals surface area (Å²) in [5.41, 5.74) is -2.04. The van der Waals surface area contributed by atoms with E-state index in [4.69, 9.17) is 4.18 Å². The maximum absolute atomic E-state index is 11.3. The van der Waals surface area contributed by atoms with Gasteiger partial charge in [0.2, 0.25) is 0 Å². The molecule has 0 aliphatic heterocycles. The number of allylic oxidation sites excluding steroid dienone is 1. The minimum atomic E-state index is -4.01. The third kappa shape index (κ3) is 3.75. The monoisotopic (exact) mass is 294 g/mol. The van der Waals surface area contributed by atoms with Gasteiger partial charge in [-0.1, -0.05) is 6.08 Å². The zero-order valence-corrected chi connectivity index (χ0v) is 11.3. The van der Waals surface area contributed by atoms with E-state index in [-0.39, 0.29) is 12.8 Å². The molecule has 1 rings (SSSR count). The van der Waals surface area contributed by atoms with Crippen molar-refractivity contribution >= 4 is 16.1 Å². The van der Waals surface area contributed by atoms with Crippen LogP contribution < -0.4 is 0 Å². The molecule has 8 heteroatoms. The molecular weight excluding hydrogens is 276 g/mol. The molecule has 1 aliphatic rings. The lowest BCUT2D eigenvalue weighted by atomic mass is 9.73. The van der Waals surface area contributed by atoms with Crippen LogP contribution in [0.3, 0.4) is 0 Å². The fourth-order valence-electron chi connectivity index (χ4n) is 2.41. The van der Waals surface area contributed by atoms with Crippen LogP contribution in [0.5, 0.6) is 0 Å². The molecule has 7 nitrogen and oxygen atoms in total. The smallest absolute Gasteiger partial charge is 0.337 e. The number of aliphatic hydroxyl groups is 2. The minimum absolute atomic E-state index is 0.209. The lowest BCUT2D eigenvalue weighted by Crippen LogP contribution is -2.55. The largest absolute Gasteiger partial charge is 0.479 e. The zero-order chi connectivity index (χ0) is 14.8. The Labute approximate surface area is 111 Å². The van der Waals surface area contributed by atoms with Crippen LogP contribution in [0.15, 0.2) is 12.7 Å². The second kappa shape index (κ2) is 5.58. The Bertz CT molecular complexity index is 458. The van der Waals surface area contributed by atoms with Gasteiger partial charge in [-0.15, -0.1) is 6.58 Å². The summed E-state index contributed by atoms with van der Waals surface area (Å²) in [6.45, 7) is 3.48. The minimum Gasteiger partial charge on any atom is -0.479 e. The van der Waals surface area contributed by atoms with Crippen molar-refractivity contribution in [1.82, 2.24) is 0 Å². The molecule has 0 radical (unpaired) electrons. The van der Waals surface area contributed by atoms with E-state index in [1.54, 1.807) is 0 Å². The Morgan fingerprint density at radius 1 is 1.47 bits per heavy atom. The Morgan fingerprint density at radius 3 is 2.47 bits per heavy atom. The Morgan fingerprint density at radius 2 is 2.05 bits per heavy atom. The molecule has 0 aromatic heterocycles. The Kier molecular flexibility index (Phi) is 4.72. The van der Waals surface area contributed by atoms with E-state index >= 15 is 0 Å². The van der Waals surface area contributed by atoms with Gasteiger partial charge >= 0.3 is 5.97 Å². The number of carboxylic acid groups (broad SMARTS) is 1. The molecule has 1 aliphatic carbocycles. The molecule has 0 unspecified atom stereocenters. The third-order valence-corrected chi connectivity index (χ3v) is 3.80. The van der Waals surface area contributed by atoms with Crippen molar-refractivity contribution in [3.8, 4) is 0 Å². The molecule has 1 fully saturated rings. The number of hydrogen-bond acceptors (Lipinski definition) is 6. The second-order valence-corrected chi connectivity index (χ2v) is 6.41. The van der Waals surface area contributed by atoms with Crippen molar-refractivity contribution in [2.75, 3.05) is 6.26 Å². The van der Waals surface area contributed by atoms with Crippen molar-refractivity contribution in [2.45, 2.75) is 37.1 Å². The highest BCUT2D eigenvalue weighted by molar-refractivity contribution is 7.86. The summed E-state index contributed by atoms with van der Waals surface area (Å²) in [7, 11) is -4.01. The van der Waals surface area contributed by atoms with Gasteiger partial charge in [-0.25, -0.2) is 4.79 Å². The van der Waals surface area contributed by atoms with Gasteiger partial charge in [0.1, 0.15) is 0 Å². The quantitative estimate of drug-likeness (QED) is 0.461. The summed E-state index contributed by atoms with van der Waals surface area (Å²) in [4.78, 5) is 11.3. The topological polar surface area (TPSA) is 121 Å². The molecule has 0 heterocycles. The highest BCUT2D eigenvalue weighted by Gasteiger charge is 2.52. The number of hydrogen-bond donors (Lipinski definition) is 3. The van der Waals surface area contributed by atoms with Gasteiger partial charge in [-0.2, -0.15) is 8.42 Å². The van der Waals surface area contributed by atoms with Crippen LogP contribution in [0, 0.1) is 5.92 Å². The summed E-state index contributed by atoms with van der Waals surface area (Å²) in [6, 6.07) is 0. The SMILES string of the molecule is C=CC[C@H]1C[C@@](OS(C)(=O)=O)(C(=O)O)C[C@@H](O)[C@@H]1O. The predicted octanol–water partition coefficient (Wildman–Crippen LogP) is -0.506. The molecule has 0 amide bonds. The summed E-state index contributed by atoms with van der Waals surface area (Å²) < 4.78 is 27.1. The van der Waals surface area contributed by atoms with Crippen LogP contribution >= 0.6 is 0 Å². The first-order valence-electron chi connectivity index (χ1n) is 5.72. The average molecular weight is 294 g/mol. The fourth-order valence-corrected chi connectivity index (χ4v) is 3.19. The average Bonchev–Trinajstić information content (AvgIpc) is 2.23. The molecule has 0 saturated heterocycles. The van der Waals surface area contributed by atoms with Crippen molar-refractivity contribution in [1.29, 1.82) is 0 Å². The lowest BCUT2D eigenvalue weighted by molar-refractivity contribution is -0.172. The maximum atomic E-state index is 11.3. The fraction of sp³-hybridized carbons (Fsp3) is 0.727. The van der Waals surface area contributed by atoms with Crippen LogP contribution in [0.1, 0.15) is 19.3 Å². The van der Waals surface area contributed by atoms with Crippen LogP contribution in [0.2, 0.25) is 0 Å². The first-order chi connectivity index (χ1) is 8.61. The summed E-state index contributed by atoms with van der Waals surface area (Å²) in [6.07, 6.45) is -0.717. The molecule has 19 heavy (non-hydrogen) atoms. The van der Waals surface area contributed by atoms with Gasteiger partial charge in [0.05, 0.1) is 18.5 Å². The van der Waals surface area contributed by atoms with E-state index in [1.165, 1.54) is 6.08 Å². The molecule has 0 spiro atoms. The summed E-state index contributed by atoms with van der Waals surface area (Å²) in [5.74, 6) is -2.10. The summed E-state index contributed by atoms with van der Waals surface area (Å²) in [5, 5.41) is 28.8. The van der Waals surface area contributed by atoms with E-state index < -0.39 is 46.2 Å². The van der Waals surface area contributed by atoms with Crippen molar-refractivity contribution in [2.24, 2.45) is 5.92 Å². The Balaban J connectivity index is 3.11. The molecule has 0 aromatic carbocycles. The third-order valence-electron chi connectivity index (χ3n) is 3.18. The molecule has 3 N–H and O–H groups in total. The first-order valence-corrected chi connectivity index (χ1v) is 7.54. The van der Waals surface area contributed by atoms with Crippen LogP contribution in [0.4, 0.5) is 0 Å². The highest BCUT2D eigenvalue weighted by Crippen LogP contribution is 2.38. The number of aliphatic carboxylic acids is 1. The van der Waals surface area contributed by atoms with Crippen molar-refractivity contribution in [3.63, 3.8) is 0 Å². The van der Waals surface area contributed by atoms with Gasteiger partial charge in [0.25, 0.3) is 10.1 Å². The zero-order valence-electron chi connectivity index (χ0n) is 10.5. The molecule has 110 valence electrons. The van der Waals surface area contributed by atoms with Crippen LogP contribution in [-0.2, 0) is 19.1 Å². The van der Waals surface area contributed by atoms with E-state index in [0.29, 0.717) is 0 Å². The number of rotatable bonds is 5. The maximum Gasteiger partial charge on any atom is 0.337 e. The van der Waals surface area contributed by atoms with E-state index in [1.807, 2.05) is 0 Å². The van der Waals surface area contributed by atoms with E-state index in [9.17, 15) is 28.5 Å². The predicted molar refractivity (Wildman–Crippen MR) is 65.8 cm³/mol. The molecule has 0 bridgehead atoms. The molecule has 0 aromatic rings. The van der Waals surface area contributed by atoms with Gasteiger partial charge in [-0.3, -0.25) is 4.18 Å². The van der Waals surface area contributed by atoms with Gasteiger partial charge in [-0.05, 0) is 18.8 Å². The van der Waals surface area contributed by atoms with E-state index in [2.05, 4.69) is 6.58 Å². The van der Waals surface area contributed by atoms with Crippen LogP contribution in [-0.4, -0.2) is 53.8 Å². The normalized spacial score (nSPS) is 35.8. The molecule has 1 saturated carbocycles. The molecular formula is C11H18O7S. The van der Waals surface area contributed by atoms with Gasteiger partial charge in [0.15, 0.2) is 5.60 Å². The second-order valence-electron chi connectivity index (χ2n) is 4.84. The highest BCUT2D eigenvalue weighted by atomic mass is 32.2. The van der Waals surface area contributed by atoms with Gasteiger partial charge < -0.3 is 15.3 Å². The van der Waals surface area contributed by atoms with Crippen LogP contribution in [0.25, 0.3) is 0 Å². The van der Waals surface area contributed by atoms with Crippen molar-refractivity contribution in [3.05, 3.63) is 12.7 Å². The lowest BCUT2D eigenvalue weighted by Gasteiger charge is -2.41.